The predicted octanol–water partition coefficient (Wildman–Crippen LogP) is 5.28. The Morgan fingerprint density at radius 1 is 0.973 bits per heavy atom. The molecule has 10 heteroatoms. The summed E-state index contributed by atoms with van der Waals surface area (Å²) in [4.78, 5) is 27.5. The maximum Gasteiger partial charge on any atom is 0.421 e. The number of anilines is 2. The first-order valence-electron chi connectivity index (χ1n) is 11.5. The van der Waals surface area contributed by atoms with E-state index in [0.29, 0.717) is 17.2 Å². The summed E-state index contributed by atoms with van der Waals surface area (Å²) in [5, 5.41) is 1.62. The van der Waals surface area contributed by atoms with Gasteiger partial charge in [-0.25, -0.2) is 32.9 Å². The molecule has 37 heavy (non-hydrogen) atoms. The van der Waals surface area contributed by atoms with Crippen LogP contribution in [0.2, 0.25) is 0 Å². The van der Waals surface area contributed by atoms with Crippen molar-refractivity contribution in [3.05, 3.63) is 84.2 Å². The van der Waals surface area contributed by atoms with E-state index in [2.05, 4.69) is 15.0 Å². The second kappa shape index (κ2) is 10.4. The van der Waals surface area contributed by atoms with Gasteiger partial charge < -0.3 is 9.64 Å². The van der Waals surface area contributed by atoms with Gasteiger partial charge in [-0.15, -0.1) is 0 Å². The summed E-state index contributed by atoms with van der Waals surface area (Å²) in [6.07, 6.45) is 1.85. The third-order valence-corrected chi connectivity index (χ3v) is 6.08. The van der Waals surface area contributed by atoms with Gasteiger partial charge in [-0.3, -0.25) is 0 Å². The third kappa shape index (κ3) is 6.47. The second-order valence-electron chi connectivity index (χ2n) is 9.17. The molecule has 0 bridgehead atoms. The summed E-state index contributed by atoms with van der Waals surface area (Å²) in [5.41, 5.74) is 1.68. The van der Waals surface area contributed by atoms with E-state index in [9.17, 15) is 13.2 Å². The van der Waals surface area contributed by atoms with Gasteiger partial charge in [-0.05, 0) is 56.2 Å². The highest BCUT2D eigenvalue weighted by atomic mass is 32.2. The number of carbonyl (C=O) groups excluding carboxylic acids is 1. The quantitative estimate of drug-likeness (QED) is 0.367. The minimum absolute atomic E-state index is 0.144. The number of pyridine rings is 1. The fraction of sp³-hybridized carbons (Fsp3) is 0.185. The Hall–Kier alpha value is -4.31. The molecule has 2 aromatic carbocycles. The molecular weight excluding hydrogens is 490 g/mol. The van der Waals surface area contributed by atoms with Crippen molar-refractivity contribution in [1.29, 1.82) is 0 Å². The summed E-state index contributed by atoms with van der Waals surface area (Å²) in [6, 6.07) is 21.1. The molecule has 0 aliphatic heterocycles. The summed E-state index contributed by atoms with van der Waals surface area (Å²) >= 11 is 0. The van der Waals surface area contributed by atoms with Crippen molar-refractivity contribution in [3.63, 3.8) is 0 Å². The Balaban J connectivity index is 1.80. The van der Waals surface area contributed by atoms with Crippen LogP contribution < -0.4 is 9.62 Å². The van der Waals surface area contributed by atoms with Crippen molar-refractivity contribution < 1.29 is 17.9 Å². The lowest BCUT2D eigenvalue weighted by atomic mass is 10.0. The van der Waals surface area contributed by atoms with Gasteiger partial charge in [0, 0.05) is 13.2 Å². The average Bonchev–Trinajstić information content (AvgIpc) is 2.86. The summed E-state index contributed by atoms with van der Waals surface area (Å²) in [5.74, 6) is 1.34. The number of hydrogen-bond donors (Lipinski definition) is 1. The summed E-state index contributed by atoms with van der Waals surface area (Å²) < 4.78 is 31.8. The number of fused-ring (bicyclic) bond motifs is 1. The Kier molecular flexibility index (Phi) is 7.21. The number of ether oxygens (including phenoxy) is 1. The Bertz CT molecular complexity index is 1550. The Morgan fingerprint density at radius 3 is 2.38 bits per heavy atom. The van der Waals surface area contributed by atoms with E-state index in [1.54, 1.807) is 27.0 Å². The number of aromatic nitrogens is 3. The number of amides is 1. The fourth-order valence-electron chi connectivity index (χ4n) is 3.62. The molecule has 1 amide bonds. The first kappa shape index (κ1) is 25.8. The minimum atomic E-state index is -4.15. The van der Waals surface area contributed by atoms with Crippen LogP contribution in [0.3, 0.4) is 0 Å². The van der Waals surface area contributed by atoms with Crippen molar-refractivity contribution >= 4 is 44.7 Å². The molecule has 4 rings (SSSR count). The molecule has 0 spiro atoms. The Labute approximate surface area is 215 Å². The zero-order chi connectivity index (χ0) is 26.6. The number of sulfonamides is 1. The van der Waals surface area contributed by atoms with E-state index >= 15 is 0 Å². The predicted molar refractivity (Wildman–Crippen MR) is 145 cm³/mol. The number of carbonyl (C=O) groups is 1. The van der Waals surface area contributed by atoms with E-state index in [1.165, 1.54) is 6.08 Å². The molecule has 0 fully saturated rings. The molecule has 190 valence electrons. The van der Waals surface area contributed by atoms with Crippen LogP contribution in [0.5, 0.6) is 0 Å². The van der Waals surface area contributed by atoms with E-state index in [-0.39, 0.29) is 5.82 Å². The molecular formula is C27H27N5O4S. The number of nitrogens with zero attached hydrogens (tertiary/aromatic N) is 4. The standard InChI is InChI=1S/C27H27N5O4S/c1-27(2,3)36-26(33)31-37(34,35)18-16-22-29-21-14-10-13-20(19-11-6-5-7-12-19)24(21)25(30-22)32(4)23-15-8-9-17-28-23/h5-18H,1-4H3,(H,31,33)/b18-16+. The number of nitrogens with one attached hydrogen (secondary N) is 1. The molecule has 2 aromatic heterocycles. The van der Waals surface area contributed by atoms with Crippen molar-refractivity contribution in [2.45, 2.75) is 26.4 Å². The molecule has 0 saturated carbocycles. The first-order chi connectivity index (χ1) is 17.5. The van der Waals surface area contributed by atoms with Gasteiger partial charge in [0.2, 0.25) is 0 Å². The smallest absolute Gasteiger partial charge is 0.421 e. The lowest BCUT2D eigenvalue weighted by Crippen LogP contribution is -2.35. The second-order valence-corrected chi connectivity index (χ2v) is 10.7. The van der Waals surface area contributed by atoms with Crippen molar-refractivity contribution in [2.75, 3.05) is 11.9 Å². The van der Waals surface area contributed by atoms with E-state index in [4.69, 9.17) is 4.74 Å². The zero-order valence-electron chi connectivity index (χ0n) is 20.9. The average molecular weight is 518 g/mol. The van der Waals surface area contributed by atoms with E-state index in [0.717, 1.165) is 21.9 Å². The normalized spacial score (nSPS) is 12.0. The van der Waals surface area contributed by atoms with E-state index < -0.39 is 21.7 Å². The molecule has 2 heterocycles. The van der Waals surface area contributed by atoms with Crippen LogP contribution >= 0.6 is 0 Å². The SMILES string of the molecule is CN(c1ccccn1)c1nc(/C=C/S(=O)(=O)NC(=O)OC(C)(C)C)nc2cccc(-c3ccccc3)c12. The van der Waals surface area contributed by atoms with Crippen molar-refractivity contribution in [3.8, 4) is 11.1 Å². The van der Waals surface area contributed by atoms with Gasteiger partial charge in [0.05, 0.1) is 16.3 Å². The van der Waals surface area contributed by atoms with Gasteiger partial charge >= 0.3 is 6.09 Å². The number of rotatable bonds is 6. The van der Waals surface area contributed by atoms with E-state index in [1.807, 2.05) is 83.4 Å². The van der Waals surface area contributed by atoms with Gasteiger partial charge in [-0.1, -0.05) is 48.5 Å². The molecule has 0 unspecified atom stereocenters. The number of hydrogen-bond acceptors (Lipinski definition) is 8. The summed E-state index contributed by atoms with van der Waals surface area (Å²) in [7, 11) is -2.32. The van der Waals surface area contributed by atoms with Crippen LogP contribution in [0.15, 0.2) is 78.3 Å². The largest absolute Gasteiger partial charge is 0.443 e. The molecule has 0 aliphatic rings. The van der Waals surface area contributed by atoms with Crippen LogP contribution in [-0.4, -0.2) is 42.1 Å². The van der Waals surface area contributed by atoms with Crippen LogP contribution in [0, 0.1) is 0 Å². The molecule has 0 saturated heterocycles. The van der Waals surface area contributed by atoms with Crippen molar-refractivity contribution in [2.24, 2.45) is 0 Å². The summed E-state index contributed by atoms with van der Waals surface area (Å²) in [6.45, 7) is 4.92. The fourth-order valence-corrected chi connectivity index (χ4v) is 4.26. The lowest BCUT2D eigenvalue weighted by molar-refractivity contribution is 0.0571. The van der Waals surface area contributed by atoms with Crippen molar-refractivity contribution in [1.82, 2.24) is 19.7 Å². The van der Waals surface area contributed by atoms with Gasteiger partial charge in [-0.2, -0.15) is 0 Å². The monoisotopic (exact) mass is 517 g/mol. The van der Waals surface area contributed by atoms with Gasteiger partial charge in [0.1, 0.15) is 17.2 Å². The molecule has 4 aromatic rings. The lowest BCUT2D eigenvalue weighted by Gasteiger charge is -2.21. The third-order valence-electron chi connectivity index (χ3n) is 5.14. The first-order valence-corrected chi connectivity index (χ1v) is 13.0. The van der Waals surface area contributed by atoms with Crippen LogP contribution in [0.4, 0.5) is 16.4 Å². The minimum Gasteiger partial charge on any atom is -0.443 e. The molecule has 0 aliphatic carbocycles. The maximum absolute atomic E-state index is 12.5. The zero-order valence-corrected chi connectivity index (χ0v) is 21.7. The maximum atomic E-state index is 12.5. The van der Waals surface area contributed by atoms with Crippen LogP contribution in [0.25, 0.3) is 28.1 Å². The highest BCUT2D eigenvalue weighted by Gasteiger charge is 2.21. The Morgan fingerprint density at radius 2 is 1.70 bits per heavy atom. The number of benzene rings is 2. The molecule has 1 N–H and O–H groups in total. The van der Waals surface area contributed by atoms with Crippen LogP contribution in [0.1, 0.15) is 26.6 Å². The van der Waals surface area contributed by atoms with Gasteiger partial charge in [0.15, 0.2) is 5.82 Å². The van der Waals surface area contributed by atoms with Crippen LogP contribution in [-0.2, 0) is 14.8 Å². The highest BCUT2D eigenvalue weighted by molar-refractivity contribution is 7.93. The topological polar surface area (TPSA) is 114 Å². The highest BCUT2D eigenvalue weighted by Crippen LogP contribution is 2.35. The molecule has 0 atom stereocenters. The molecule has 0 radical (unpaired) electrons. The van der Waals surface area contributed by atoms with Gasteiger partial charge in [0.25, 0.3) is 10.0 Å². The molecule has 9 nitrogen and oxygen atoms in total.